The molecule has 170 valence electrons. The first-order valence-corrected chi connectivity index (χ1v) is 12.2. The Hall–Kier alpha value is -2.45. The van der Waals surface area contributed by atoms with Crippen LogP contribution in [-0.4, -0.2) is 26.2 Å². The van der Waals surface area contributed by atoms with E-state index in [0.29, 0.717) is 0 Å². The molecule has 3 aromatic rings. The summed E-state index contributed by atoms with van der Waals surface area (Å²) in [5, 5.41) is 0.802. The molecule has 0 fully saturated rings. The van der Waals surface area contributed by atoms with Gasteiger partial charge in [0, 0.05) is 48.1 Å². The van der Waals surface area contributed by atoms with Crippen molar-refractivity contribution in [2.75, 3.05) is 36.0 Å². The summed E-state index contributed by atoms with van der Waals surface area (Å²) in [5.74, 6) is 0. The van der Waals surface area contributed by atoms with Gasteiger partial charge in [-0.25, -0.2) is 0 Å². The third kappa shape index (κ3) is 4.66. The highest BCUT2D eigenvalue weighted by Gasteiger charge is 2.18. The number of hydrogen-bond acceptors (Lipinski definition) is 2. The summed E-state index contributed by atoms with van der Waals surface area (Å²) < 4.78 is 0. The van der Waals surface area contributed by atoms with E-state index in [1.54, 1.807) is 0 Å². The van der Waals surface area contributed by atoms with Gasteiger partial charge in [0.05, 0.1) is 0 Å². The highest BCUT2D eigenvalue weighted by molar-refractivity contribution is 6.34. The van der Waals surface area contributed by atoms with Gasteiger partial charge in [-0.2, -0.15) is 0 Å². The number of rotatable bonds is 8. The molecule has 0 heterocycles. The van der Waals surface area contributed by atoms with E-state index in [4.69, 9.17) is 11.6 Å². The second-order valence-electron chi connectivity index (χ2n) is 8.46. The molecule has 0 N–H and O–H groups in total. The zero-order valence-electron chi connectivity index (χ0n) is 20.7. The van der Waals surface area contributed by atoms with E-state index in [-0.39, 0.29) is 0 Å². The molecule has 0 aromatic heterocycles. The molecule has 0 aliphatic heterocycles. The van der Waals surface area contributed by atoms with Crippen molar-refractivity contribution in [3.05, 3.63) is 70.2 Å². The van der Waals surface area contributed by atoms with Crippen molar-refractivity contribution in [1.29, 1.82) is 0 Å². The predicted octanol–water partition coefficient (Wildman–Crippen LogP) is 8.29. The molecule has 0 unspecified atom stereocenters. The van der Waals surface area contributed by atoms with Gasteiger partial charge in [0.1, 0.15) is 0 Å². The highest BCUT2D eigenvalue weighted by atomic mass is 35.5. The lowest BCUT2D eigenvalue weighted by molar-refractivity contribution is 0.865. The van der Waals surface area contributed by atoms with Crippen molar-refractivity contribution in [2.24, 2.45) is 0 Å². The molecule has 0 saturated heterocycles. The Balaban J connectivity index is 2.19. The summed E-state index contributed by atoms with van der Waals surface area (Å²) in [6.45, 7) is 19.4. The number of benzene rings is 3. The van der Waals surface area contributed by atoms with Gasteiger partial charge >= 0.3 is 0 Å². The smallest absolute Gasteiger partial charge is 0.0490 e. The van der Waals surface area contributed by atoms with Gasteiger partial charge in [0.15, 0.2) is 0 Å². The Bertz CT molecular complexity index is 992. The maximum atomic E-state index is 6.87. The molecule has 2 nitrogen and oxygen atoms in total. The van der Waals surface area contributed by atoms with E-state index in [1.807, 2.05) is 6.07 Å². The summed E-state index contributed by atoms with van der Waals surface area (Å²) in [6, 6.07) is 17.8. The SMILES string of the molecule is CCN(CC)c1ccc(-c2c(C)ccc(Cl)c2-c2ccc(N(CC)CC)cc2C)c(C)c1. The monoisotopic (exact) mass is 448 g/mol. The van der Waals surface area contributed by atoms with E-state index in [9.17, 15) is 0 Å². The molecule has 0 bridgehead atoms. The van der Waals surface area contributed by atoms with Crippen LogP contribution in [0.5, 0.6) is 0 Å². The number of hydrogen-bond donors (Lipinski definition) is 0. The summed E-state index contributed by atoms with van der Waals surface area (Å²) in [6.07, 6.45) is 0. The Morgan fingerprint density at radius 3 is 1.41 bits per heavy atom. The van der Waals surface area contributed by atoms with Gasteiger partial charge in [-0.3, -0.25) is 0 Å². The molecular formula is C29H37ClN2. The van der Waals surface area contributed by atoms with E-state index >= 15 is 0 Å². The van der Waals surface area contributed by atoms with Gasteiger partial charge < -0.3 is 9.80 Å². The molecule has 3 rings (SSSR count). The fourth-order valence-electron chi connectivity index (χ4n) is 4.72. The Kier molecular flexibility index (Phi) is 7.90. The van der Waals surface area contributed by atoms with Crippen molar-refractivity contribution in [3.8, 4) is 22.3 Å². The topological polar surface area (TPSA) is 6.48 Å². The second-order valence-corrected chi connectivity index (χ2v) is 8.86. The average Bonchev–Trinajstić information content (AvgIpc) is 2.78. The first kappa shape index (κ1) is 24.2. The Labute approximate surface area is 199 Å². The van der Waals surface area contributed by atoms with Crippen LogP contribution in [0.1, 0.15) is 44.4 Å². The van der Waals surface area contributed by atoms with Crippen LogP contribution < -0.4 is 9.80 Å². The number of halogens is 1. The molecule has 0 saturated carbocycles. The molecule has 0 aliphatic rings. The third-order valence-electron chi connectivity index (χ3n) is 6.58. The normalized spacial score (nSPS) is 11.0. The maximum Gasteiger partial charge on any atom is 0.0490 e. The van der Waals surface area contributed by atoms with E-state index in [0.717, 1.165) is 36.8 Å². The van der Waals surface area contributed by atoms with Crippen molar-refractivity contribution >= 4 is 23.0 Å². The van der Waals surface area contributed by atoms with Gasteiger partial charge in [-0.1, -0.05) is 29.8 Å². The third-order valence-corrected chi connectivity index (χ3v) is 6.89. The lowest BCUT2D eigenvalue weighted by atomic mass is 9.87. The average molecular weight is 449 g/mol. The zero-order chi connectivity index (χ0) is 23.4. The lowest BCUT2D eigenvalue weighted by Crippen LogP contribution is -2.21. The van der Waals surface area contributed by atoms with Crippen LogP contribution in [-0.2, 0) is 0 Å². The van der Waals surface area contributed by atoms with Crippen LogP contribution in [0.15, 0.2) is 48.5 Å². The molecule has 0 atom stereocenters. The standard InChI is InChI=1S/C29H37ClN2/c1-8-31(9-2)23-13-15-25(21(6)18-23)28-20(5)12-17-27(30)29(28)26-16-14-24(19-22(26)7)32(10-3)11-4/h12-19H,8-11H2,1-7H3. The molecule has 0 aliphatic carbocycles. The largest absolute Gasteiger partial charge is 0.372 e. The summed E-state index contributed by atoms with van der Waals surface area (Å²) in [7, 11) is 0. The fourth-order valence-corrected chi connectivity index (χ4v) is 4.98. The predicted molar refractivity (Wildman–Crippen MR) is 144 cm³/mol. The molecule has 0 radical (unpaired) electrons. The minimum Gasteiger partial charge on any atom is -0.372 e. The number of anilines is 2. The second kappa shape index (κ2) is 10.4. The van der Waals surface area contributed by atoms with Gasteiger partial charge in [-0.15, -0.1) is 0 Å². The van der Waals surface area contributed by atoms with Crippen molar-refractivity contribution in [2.45, 2.75) is 48.5 Å². The Morgan fingerprint density at radius 1 is 0.562 bits per heavy atom. The van der Waals surface area contributed by atoms with Crippen molar-refractivity contribution in [3.63, 3.8) is 0 Å². The first-order valence-electron chi connectivity index (χ1n) is 11.9. The maximum absolute atomic E-state index is 6.87. The van der Waals surface area contributed by atoms with Gasteiger partial charge in [0.2, 0.25) is 0 Å². The van der Waals surface area contributed by atoms with Gasteiger partial charge in [0.25, 0.3) is 0 Å². The quantitative estimate of drug-likeness (QED) is 0.342. The van der Waals surface area contributed by atoms with Crippen LogP contribution in [0, 0.1) is 20.8 Å². The van der Waals surface area contributed by atoms with E-state index in [2.05, 4.69) is 101 Å². The minimum absolute atomic E-state index is 0.802. The van der Waals surface area contributed by atoms with Crippen molar-refractivity contribution < 1.29 is 0 Å². The lowest BCUT2D eigenvalue weighted by Gasteiger charge is -2.25. The van der Waals surface area contributed by atoms with Gasteiger partial charge in [-0.05, 0) is 112 Å². The molecule has 3 aromatic carbocycles. The minimum atomic E-state index is 0.802. The molecule has 0 spiro atoms. The van der Waals surface area contributed by atoms with Crippen LogP contribution in [0.3, 0.4) is 0 Å². The van der Waals surface area contributed by atoms with Crippen LogP contribution in [0.25, 0.3) is 22.3 Å². The van der Waals surface area contributed by atoms with Crippen LogP contribution in [0.2, 0.25) is 5.02 Å². The molecule has 0 amide bonds. The van der Waals surface area contributed by atoms with Crippen molar-refractivity contribution in [1.82, 2.24) is 0 Å². The summed E-state index contributed by atoms with van der Waals surface area (Å²) in [4.78, 5) is 4.77. The number of nitrogens with zero attached hydrogens (tertiary/aromatic N) is 2. The molecular weight excluding hydrogens is 412 g/mol. The molecule has 3 heteroatoms. The van der Waals surface area contributed by atoms with Crippen LogP contribution >= 0.6 is 11.6 Å². The highest BCUT2D eigenvalue weighted by Crippen LogP contribution is 2.43. The first-order chi connectivity index (χ1) is 15.4. The zero-order valence-corrected chi connectivity index (χ0v) is 21.5. The number of aryl methyl sites for hydroxylation is 3. The van der Waals surface area contributed by atoms with Crippen LogP contribution in [0.4, 0.5) is 11.4 Å². The molecule has 32 heavy (non-hydrogen) atoms. The Morgan fingerprint density at radius 2 is 1.00 bits per heavy atom. The fraction of sp³-hybridized carbons (Fsp3) is 0.379. The van der Waals surface area contributed by atoms with E-state index < -0.39 is 0 Å². The summed E-state index contributed by atoms with van der Waals surface area (Å²) in [5.41, 5.74) is 11.1. The summed E-state index contributed by atoms with van der Waals surface area (Å²) >= 11 is 6.87. The van der Waals surface area contributed by atoms with E-state index in [1.165, 1.54) is 44.8 Å².